The van der Waals surface area contributed by atoms with E-state index >= 15 is 0 Å². The first-order valence-electron chi connectivity index (χ1n) is 6.72. The average molecular weight is 325 g/mol. The normalized spacial score (nSPS) is 17.1. The van der Waals surface area contributed by atoms with Gasteiger partial charge in [-0.2, -0.15) is 0 Å². The van der Waals surface area contributed by atoms with E-state index in [1.165, 1.54) is 0 Å². The van der Waals surface area contributed by atoms with Crippen LogP contribution in [-0.2, 0) is 6.42 Å². The molecular formula is C15H14Cl2N2O2. The molecule has 1 aliphatic rings. The molecule has 2 amide bonds. The first-order chi connectivity index (χ1) is 10.1. The van der Waals surface area contributed by atoms with E-state index in [2.05, 4.69) is 10.6 Å². The van der Waals surface area contributed by atoms with Crippen molar-refractivity contribution < 1.29 is 9.21 Å². The fraction of sp³-hybridized carbons (Fsp3) is 0.267. The minimum atomic E-state index is -0.271. The zero-order valence-corrected chi connectivity index (χ0v) is 12.7. The van der Waals surface area contributed by atoms with Crippen LogP contribution in [-0.4, -0.2) is 6.03 Å². The topological polar surface area (TPSA) is 54.3 Å². The van der Waals surface area contributed by atoms with Gasteiger partial charge in [0, 0.05) is 17.7 Å². The van der Waals surface area contributed by atoms with Gasteiger partial charge in [0.1, 0.15) is 5.76 Å². The van der Waals surface area contributed by atoms with Gasteiger partial charge in [0.15, 0.2) is 0 Å². The Kier molecular flexibility index (Phi) is 4.08. The number of urea groups is 1. The van der Waals surface area contributed by atoms with Crippen LogP contribution in [0.3, 0.4) is 0 Å². The Morgan fingerprint density at radius 2 is 2.10 bits per heavy atom. The second-order valence-corrected chi connectivity index (χ2v) is 5.79. The molecule has 0 aliphatic heterocycles. The van der Waals surface area contributed by atoms with Gasteiger partial charge in [0.25, 0.3) is 0 Å². The molecule has 0 unspecified atom stereocenters. The van der Waals surface area contributed by atoms with E-state index in [1.807, 2.05) is 6.07 Å². The number of benzene rings is 1. The highest BCUT2D eigenvalue weighted by atomic mass is 35.5. The zero-order chi connectivity index (χ0) is 14.8. The minimum Gasteiger partial charge on any atom is -0.469 e. The molecule has 1 aliphatic carbocycles. The molecule has 0 spiro atoms. The van der Waals surface area contributed by atoms with Crippen molar-refractivity contribution >= 4 is 34.9 Å². The highest BCUT2D eigenvalue weighted by Crippen LogP contribution is 2.30. The van der Waals surface area contributed by atoms with Crippen LogP contribution >= 0.6 is 23.2 Å². The smallest absolute Gasteiger partial charge is 0.319 e. The van der Waals surface area contributed by atoms with E-state index < -0.39 is 0 Å². The second-order valence-electron chi connectivity index (χ2n) is 4.97. The van der Waals surface area contributed by atoms with Crippen molar-refractivity contribution in [3.8, 4) is 0 Å². The Balaban J connectivity index is 1.66. The molecule has 1 atom stereocenters. The molecule has 110 valence electrons. The van der Waals surface area contributed by atoms with Gasteiger partial charge in [-0.1, -0.05) is 23.2 Å². The van der Waals surface area contributed by atoms with Gasteiger partial charge in [-0.25, -0.2) is 4.79 Å². The molecule has 0 bridgehead atoms. The van der Waals surface area contributed by atoms with Gasteiger partial charge in [0.2, 0.25) is 0 Å². The highest BCUT2D eigenvalue weighted by Gasteiger charge is 2.23. The monoisotopic (exact) mass is 324 g/mol. The number of hydrogen-bond donors (Lipinski definition) is 2. The molecule has 0 fully saturated rings. The zero-order valence-electron chi connectivity index (χ0n) is 11.2. The maximum absolute atomic E-state index is 12.1. The quantitative estimate of drug-likeness (QED) is 0.834. The van der Waals surface area contributed by atoms with Crippen LogP contribution in [0.15, 0.2) is 34.9 Å². The van der Waals surface area contributed by atoms with Gasteiger partial charge in [-0.05, 0) is 37.1 Å². The number of fused-ring (bicyclic) bond motifs is 1. The molecule has 6 heteroatoms. The van der Waals surface area contributed by atoms with Gasteiger partial charge >= 0.3 is 6.03 Å². The summed E-state index contributed by atoms with van der Waals surface area (Å²) in [5.41, 5.74) is 1.66. The summed E-state index contributed by atoms with van der Waals surface area (Å²) >= 11 is 11.8. The lowest BCUT2D eigenvalue weighted by Gasteiger charge is -2.22. The summed E-state index contributed by atoms with van der Waals surface area (Å²) < 4.78 is 5.41. The van der Waals surface area contributed by atoms with E-state index in [1.54, 1.807) is 24.5 Å². The lowest BCUT2D eigenvalue weighted by atomic mass is 9.93. The number of amides is 2. The largest absolute Gasteiger partial charge is 0.469 e. The number of carbonyl (C=O) groups excluding carboxylic acids is 1. The van der Waals surface area contributed by atoms with Crippen LogP contribution in [0.1, 0.15) is 30.2 Å². The molecule has 1 aromatic carbocycles. The molecule has 3 rings (SSSR count). The van der Waals surface area contributed by atoms with E-state index in [-0.39, 0.29) is 12.1 Å². The molecule has 21 heavy (non-hydrogen) atoms. The average Bonchev–Trinajstić information content (AvgIpc) is 2.92. The molecule has 0 saturated carbocycles. The van der Waals surface area contributed by atoms with Crippen LogP contribution in [0.25, 0.3) is 0 Å². The van der Waals surface area contributed by atoms with Gasteiger partial charge in [-0.15, -0.1) is 0 Å². The summed E-state index contributed by atoms with van der Waals surface area (Å²) in [7, 11) is 0. The number of furan rings is 1. The van der Waals surface area contributed by atoms with Crippen molar-refractivity contribution in [3.05, 3.63) is 51.9 Å². The lowest BCUT2D eigenvalue weighted by Crippen LogP contribution is -2.34. The third kappa shape index (κ3) is 3.17. The van der Waals surface area contributed by atoms with Gasteiger partial charge in [-0.3, -0.25) is 0 Å². The van der Waals surface area contributed by atoms with Gasteiger partial charge in [0.05, 0.1) is 22.4 Å². The molecule has 2 N–H and O–H groups in total. The molecular weight excluding hydrogens is 311 g/mol. The SMILES string of the molecule is O=C(Nc1ccc(Cl)c(Cl)c1)N[C@@H]1CCCc2occc21. The van der Waals surface area contributed by atoms with Crippen LogP contribution in [0.2, 0.25) is 10.0 Å². The summed E-state index contributed by atoms with van der Waals surface area (Å²) in [5.74, 6) is 0.959. The minimum absolute atomic E-state index is 0.0183. The van der Waals surface area contributed by atoms with Crippen molar-refractivity contribution in [1.82, 2.24) is 5.32 Å². The number of rotatable bonds is 2. The van der Waals surface area contributed by atoms with Crippen molar-refractivity contribution in [1.29, 1.82) is 0 Å². The first-order valence-corrected chi connectivity index (χ1v) is 7.48. The molecule has 1 heterocycles. The number of nitrogens with one attached hydrogen (secondary N) is 2. The van der Waals surface area contributed by atoms with Crippen LogP contribution < -0.4 is 10.6 Å². The predicted molar refractivity (Wildman–Crippen MR) is 83.0 cm³/mol. The molecule has 1 aromatic heterocycles. The van der Waals surface area contributed by atoms with Crippen molar-refractivity contribution in [3.63, 3.8) is 0 Å². The molecule has 4 nitrogen and oxygen atoms in total. The van der Waals surface area contributed by atoms with E-state index in [4.69, 9.17) is 27.6 Å². The van der Waals surface area contributed by atoms with E-state index in [0.717, 1.165) is 30.6 Å². The Labute approximate surface area is 132 Å². The third-order valence-electron chi connectivity index (χ3n) is 3.53. The van der Waals surface area contributed by atoms with Crippen molar-refractivity contribution in [2.45, 2.75) is 25.3 Å². The molecule has 0 saturated heterocycles. The number of anilines is 1. The molecule has 0 radical (unpaired) electrons. The maximum atomic E-state index is 12.1. The summed E-state index contributed by atoms with van der Waals surface area (Å²) in [6.45, 7) is 0. The number of aryl methyl sites for hydroxylation is 1. The third-order valence-corrected chi connectivity index (χ3v) is 4.27. The number of hydrogen-bond acceptors (Lipinski definition) is 2. The Morgan fingerprint density at radius 3 is 2.90 bits per heavy atom. The van der Waals surface area contributed by atoms with E-state index in [9.17, 15) is 4.79 Å². The Morgan fingerprint density at radius 1 is 1.24 bits per heavy atom. The summed E-state index contributed by atoms with van der Waals surface area (Å²) in [5, 5.41) is 6.58. The number of halogens is 2. The second kappa shape index (κ2) is 6.00. The first kappa shape index (κ1) is 14.3. The maximum Gasteiger partial charge on any atom is 0.319 e. The van der Waals surface area contributed by atoms with Gasteiger partial charge < -0.3 is 15.1 Å². The number of carbonyl (C=O) groups is 1. The van der Waals surface area contributed by atoms with E-state index in [0.29, 0.717) is 15.7 Å². The Bertz CT molecular complexity index is 669. The van der Waals surface area contributed by atoms with Crippen LogP contribution in [0.5, 0.6) is 0 Å². The Hall–Kier alpha value is -1.65. The lowest BCUT2D eigenvalue weighted by molar-refractivity contribution is 0.246. The molecule has 2 aromatic rings. The van der Waals surface area contributed by atoms with Crippen molar-refractivity contribution in [2.24, 2.45) is 0 Å². The fourth-order valence-corrected chi connectivity index (χ4v) is 2.83. The van der Waals surface area contributed by atoms with Crippen LogP contribution in [0, 0.1) is 0 Å². The van der Waals surface area contributed by atoms with Crippen LogP contribution in [0.4, 0.5) is 10.5 Å². The summed E-state index contributed by atoms with van der Waals surface area (Å²) in [4.78, 5) is 12.1. The van der Waals surface area contributed by atoms with Crippen molar-refractivity contribution in [2.75, 3.05) is 5.32 Å². The summed E-state index contributed by atoms with van der Waals surface area (Å²) in [6, 6.07) is 6.60. The standard InChI is InChI=1S/C15H14Cl2N2O2/c16-11-5-4-9(8-12(11)17)18-15(20)19-13-2-1-3-14-10(13)6-7-21-14/h4-8,13H,1-3H2,(H2,18,19,20)/t13-/m1/s1. The predicted octanol–water partition coefficient (Wildman–Crippen LogP) is 4.79. The highest BCUT2D eigenvalue weighted by molar-refractivity contribution is 6.42. The fourth-order valence-electron chi connectivity index (χ4n) is 2.54. The summed E-state index contributed by atoms with van der Waals surface area (Å²) in [6.07, 6.45) is 4.50.